The van der Waals surface area contributed by atoms with Crippen molar-refractivity contribution in [2.75, 3.05) is 33.4 Å². The number of hydrogen-bond donors (Lipinski definition) is 0. The highest BCUT2D eigenvalue weighted by Gasteiger charge is 2.35. The number of piperidine rings is 1. The minimum Gasteiger partial charge on any atom is -0.380 e. The van der Waals surface area contributed by atoms with Gasteiger partial charge in [0.25, 0.3) is 0 Å². The van der Waals surface area contributed by atoms with Crippen molar-refractivity contribution >= 4 is 10.8 Å². The normalized spacial score (nSPS) is 17.2. The van der Waals surface area contributed by atoms with Crippen molar-refractivity contribution in [2.45, 2.75) is 24.7 Å². The Morgan fingerprint density at radius 1 is 0.852 bits per heavy atom. The van der Waals surface area contributed by atoms with Gasteiger partial charge in [-0.1, -0.05) is 72.8 Å². The molecule has 1 aliphatic heterocycles. The van der Waals surface area contributed by atoms with E-state index in [4.69, 9.17) is 4.74 Å². The second kappa shape index (κ2) is 8.24. The van der Waals surface area contributed by atoms with E-state index in [0.29, 0.717) is 0 Å². The van der Waals surface area contributed by atoms with Crippen LogP contribution in [0.15, 0.2) is 72.8 Å². The first-order valence-corrected chi connectivity index (χ1v) is 10.1. The summed E-state index contributed by atoms with van der Waals surface area (Å²) >= 11 is 0. The molecule has 0 unspecified atom stereocenters. The van der Waals surface area contributed by atoms with E-state index in [1.54, 1.807) is 0 Å². The molecule has 1 heterocycles. The third-order valence-electron chi connectivity index (χ3n) is 6.10. The van der Waals surface area contributed by atoms with Gasteiger partial charge in [0.15, 0.2) is 0 Å². The van der Waals surface area contributed by atoms with Crippen molar-refractivity contribution in [2.24, 2.45) is 0 Å². The van der Waals surface area contributed by atoms with Crippen LogP contribution in [0.1, 0.15) is 24.0 Å². The van der Waals surface area contributed by atoms with Gasteiger partial charge in [-0.2, -0.15) is 0 Å². The lowest BCUT2D eigenvalue weighted by Gasteiger charge is -2.41. The minimum absolute atomic E-state index is 0.159. The van der Waals surface area contributed by atoms with Crippen molar-refractivity contribution in [3.05, 3.63) is 83.9 Å². The highest BCUT2D eigenvalue weighted by Crippen LogP contribution is 2.35. The highest BCUT2D eigenvalue weighted by molar-refractivity contribution is 5.85. The topological polar surface area (TPSA) is 12.5 Å². The fourth-order valence-electron chi connectivity index (χ4n) is 4.31. The minimum atomic E-state index is 0.159. The summed E-state index contributed by atoms with van der Waals surface area (Å²) in [6, 6.07) is 26.2. The summed E-state index contributed by atoms with van der Waals surface area (Å²) in [5, 5.41) is 2.66. The van der Waals surface area contributed by atoms with Crippen molar-refractivity contribution in [1.82, 2.24) is 4.90 Å². The van der Waals surface area contributed by atoms with Crippen LogP contribution in [0.5, 0.6) is 0 Å². The second-order valence-corrected chi connectivity index (χ2v) is 7.89. The molecule has 0 aliphatic carbocycles. The second-order valence-electron chi connectivity index (χ2n) is 7.89. The molecule has 3 aromatic carbocycles. The SMILES string of the molecule is CN1CCC(COCCc2cccc3ccccc23)(c2ccccc2)CC1. The standard InChI is InChI=1S/C25H29NO/c1-26-17-15-25(16-18-26,23-11-3-2-4-12-23)20-27-19-14-22-10-7-9-21-8-5-6-13-24(21)22/h2-13H,14-20H2,1H3. The fraction of sp³-hybridized carbons (Fsp3) is 0.360. The maximum absolute atomic E-state index is 6.30. The largest absolute Gasteiger partial charge is 0.380 e. The summed E-state index contributed by atoms with van der Waals surface area (Å²) < 4.78 is 6.30. The Labute approximate surface area is 162 Å². The highest BCUT2D eigenvalue weighted by atomic mass is 16.5. The molecular formula is C25H29NO. The van der Waals surface area contributed by atoms with Crippen LogP contribution < -0.4 is 0 Å². The zero-order valence-electron chi connectivity index (χ0n) is 16.2. The third-order valence-corrected chi connectivity index (χ3v) is 6.10. The van der Waals surface area contributed by atoms with Gasteiger partial charge >= 0.3 is 0 Å². The molecule has 0 bridgehead atoms. The summed E-state index contributed by atoms with van der Waals surface area (Å²) in [5.74, 6) is 0. The van der Waals surface area contributed by atoms with Crippen LogP contribution in [0.2, 0.25) is 0 Å². The van der Waals surface area contributed by atoms with E-state index in [0.717, 1.165) is 32.7 Å². The van der Waals surface area contributed by atoms with E-state index >= 15 is 0 Å². The maximum Gasteiger partial charge on any atom is 0.0564 e. The molecule has 4 rings (SSSR count). The molecule has 0 amide bonds. The monoisotopic (exact) mass is 359 g/mol. The van der Waals surface area contributed by atoms with Crippen LogP contribution in [-0.2, 0) is 16.6 Å². The first kappa shape index (κ1) is 18.2. The predicted octanol–water partition coefficient (Wildman–Crippen LogP) is 5.06. The van der Waals surface area contributed by atoms with Crippen molar-refractivity contribution < 1.29 is 4.74 Å². The molecule has 1 fully saturated rings. The number of ether oxygens (including phenoxy) is 1. The van der Waals surface area contributed by atoms with Gasteiger partial charge in [0.1, 0.15) is 0 Å². The van der Waals surface area contributed by atoms with Gasteiger partial charge in [-0.3, -0.25) is 0 Å². The van der Waals surface area contributed by atoms with Crippen LogP contribution in [0.4, 0.5) is 0 Å². The Balaban J connectivity index is 1.43. The van der Waals surface area contributed by atoms with E-state index in [1.165, 1.54) is 34.7 Å². The first-order valence-electron chi connectivity index (χ1n) is 10.1. The summed E-state index contributed by atoms with van der Waals surface area (Å²) in [6.45, 7) is 3.87. The molecule has 140 valence electrons. The van der Waals surface area contributed by atoms with Gasteiger partial charge in [-0.15, -0.1) is 0 Å². The molecule has 0 atom stereocenters. The summed E-state index contributed by atoms with van der Waals surface area (Å²) in [7, 11) is 2.22. The summed E-state index contributed by atoms with van der Waals surface area (Å²) in [5.41, 5.74) is 2.97. The number of hydrogen-bond acceptors (Lipinski definition) is 2. The van der Waals surface area contributed by atoms with Crippen molar-refractivity contribution in [3.8, 4) is 0 Å². The molecule has 0 radical (unpaired) electrons. The van der Waals surface area contributed by atoms with Gasteiger partial charge < -0.3 is 9.64 Å². The molecule has 2 nitrogen and oxygen atoms in total. The Bertz CT molecular complexity index is 860. The summed E-state index contributed by atoms with van der Waals surface area (Å²) in [4.78, 5) is 2.43. The van der Waals surface area contributed by atoms with E-state index in [-0.39, 0.29) is 5.41 Å². The lowest BCUT2D eigenvalue weighted by atomic mass is 9.73. The molecular weight excluding hydrogens is 330 g/mol. The maximum atomic E-state index is 6.30. The fourth-order valence-corrected chi connectivity index (χ4v) is 4.31. The van der Waals surface area contributed by atoms with Crippen LogP contribution in [0.3, 0.4) is 0 Å². The number of likely N-dealkylation sites (tertiary alicyclic amines) is 1. The lowest BCUT2D eigenvalue weighted by Crippen LogP contribution is -2.44. The lowest BCUT2D eigenvalue weighted by molar-refractivity contribution is 0.0514. The van der Waals surface area contributed by atoms with Crippen molar-refractivity contribution in [3.63, 3.8) is 0 Å². The number of nitrogens with zero attached hydrogens (tertiary/aromatic N) is 1. The Morgan fingerprint density at radius 3 is 2.37 bits per heavy atom. The third kappa shape index (κ3) is 4.07. The molecule has 1 saturated heterocycles. The Morgan fingerprint density at radius 2 is 1.56 bits per heavy atom. The zero-order valence-corrected chi connectivity index (χ0v) is 16.2. The van der Waals surface area contributed by atoms with Crippen LogP contribution in [-0.4, -0.2) is 38.3 Å². The average Bonchev–Trinajstić information content (AvgIpc) is 2.73. The molecule has 0 spiro atoms. The van der Waals surface area contributed by atoms with E-state index in [2.05, 4.69) is 84.7 Å². The van der Waals surface area contributed by atoms with E-state index in [9.17, 15) is 0 Å². The smallest absolute Gasteiger partial charge is 0.0564 e. The number of fused-ring (bicyclic) bond motifs is 1. The molecule has 2 heteroatoms. The van der Waals surface area contributed by atoms with Gasteiger partial charge in [0.05, 0.1) is 13.2 Å². The average molecular weight is 360 g/mol. The van der Waals surface area contributed by atoms with Crippen LogP contribution in [0.25, 0.3) is 10.8 Å². The molecule has 3 aromatic rings. The number of rotatable bonds is 6. The van der Waals surface area contributed by atoms with E-state index in [1.807, 2.05) is 0 Å². The summed E-state index contributed by atoms with van der Waals surface area (Å²) in [6.07, 6.45) is 3.30. The van der Waals surface area contributed by atoms with E-state index < -0.39 is 0 Å². The van der Waals surface area contributed by atoms with Gasteiger partial charge in [-0.05, 0) is 61.3 Å². The van der Waals surface area contributed by atoms with Gasteiger partial charge in [-0.25, -0.2) is 0 Å². The molecule has 0 N–H and O–H groups in total. The molecule has 27 heavy (non-hydrogen) atoms. The molecule has 1 aliphatic rings. The van der Waals surface area contributed by atoms with Crippen molar-refractivity contribution in [1.29, 1.82) is 0 Å². The van der Waals surface area contributed by atoms with Gasteiger partial charge in [0.2, 0.25) is 0 Å². The predicted molar refractivity (Wildman–Crippen MR) is 113 cm³/mol. The van der Waals surface area contributed by atoms with Crippen LogP contribution in [0, 0.1) is 0 Å². The van der Waals surface area contributed by atoms with Gasteiger partial charge in [0, 0.05) is 5.41 Å². The quantitative estimate of drug-likeness (QED) is 0.570. The number of benzene rings is 3. The Kier molecular flexibility index (Phi) is 5.56. The molecule has 0 aromatic heterocycles. The first-order chi connectivity index (χ1) is 13.3. The Hall–Kier alpha value is -2.16. The molecule has 0 saturated carbocycles. The zero-order chi connectivity index (χ0) is 18.5. The van der Waals surface area contributed by atoms with Crippen LogP contribution >= 0.6 is 0 Å².